The van der Waals surface area contributed by atoms with Crippen LogP contribution >= 0.6 is 0 Å². The van der Waals surface area contributed by atoms with E-state index in [1.807, 2.05) is 18.2 Å². The molecule has 0 aromatic heterocycles. The van der Waals surface area contributed by atoms with E-state index in [1.54, 1.807) is 0 Å². The lowest BCUT2D eigenvalue weighted by Crippen LogP contribution is -2.55. The molecule has 4 nitrogen and oxygen atoms in total. The summed E-state index contributed by atoms with van der Waals surface area (Å²) in [7, 11) is 2.12. The van der Waals surface area contributed by atoms with Gasteiger partial charge in [-0.1, -0.05) is 30.3 Å². The third-order valence-electron chi connectivity index (χ3n) is 4.88. The third-order valence-corrected chi connectivity index (χ3v) is 4.88. The topological polar surface area (TPSA) is 32.8 Å². The number of piperazine rings is 1. The molecule has 4 heteroatoms. The molecule has 0 aliphatic carbocycles. The number of ether oxygens (including phenoxy) is 1. The molecule has 1 aromatic carbocycles. The van der Waals surface area contributed by atoms with E-state index in [9.17, 15) is 4.79 Å². The van der Waals surface area contributed by atoms with E-state index in [-0.39, 0.29) is 24.0 Å². The smallest absolute Gasteiger partial charge is 0.228 e. The molecule has 0 bridgehead atoms. The second-order valence-electron chi connectivity index (χ2n) is 6.59. The first-order chi connectivity index (χ1) is 10.7. The van der Waals surface area contributed by atoms with Gasteiger partial charge in [0.05, 0.1) is 12.0 Å². The SMILES string of the molecule is C[C@@H]1CN(C)CCN1C(=O)[C@H]1CCCO[C@H]1c1ccccc1. The van der Waals surface area contributed by atoms with Crippen molar-refractivity contribution < 1.29 is 9.53 Å². The predicted octanol–water partition coefficient (Wildman–Crippen LogP) is 2.32. The van der Waals surface area contributed by atoms with Crippen molar-refractivity contribution in [3.63, 3.8) is 0 Å². The van der Waals surface area contributed by atoms with Crippen molar-refractivity contribution in [3.8, 4) is 0 Å². The van der Waals surface area contributed by atoms with E-state index < -0.39 is 0 Å². The Morgan fingerprint density at radius 3 is 2.73 bits per heavy atom. The number of nitrogens with zero attached hydrogens (tertiary/aromatic N) is 2. The van der Waals surface area contributed by atoms with E-state index in [2.05, 4.69) is 35.9 Å². The van der Waals surface area contributed by atoms with Gasteiger partial charge in [-0.05, 0) is 32.4 Å². The molecular formula is C18H26N2O2. The number of amides is 1. The molecule has 1 aromatic rings. The van der Waals surface area contributed by atoms with Gasteiger partial charge in [-0.3, -0.25) is 4.79 Å². The van der Waals surface area contributed by atoms with Crippen molar-refractivity contribution in [1.29, 1.82) is 0 Å². The van der Waals surface area contributed by atoms with Crippen LogP contribution in [0.3, 0.4) is 0 Å². The number of likely N-dealkylation sites (N-methyl/N-ethyl adjacent to an activating group) is 1. The average Bonchev–Trinajstić information content (AvgIpc) is 2.55. The number of rotatable bonds is 2. The summed E-state index contributed by atoms with van der Waals surface area (Å²) in [5.41, 5.74) is 1.13. The van der Waals surface area contributed by atoms with Crippen LogP contribution in [-0.4, -0.2) is 55.0 Å². The Labute approximate surface area is 133 Å². The maximum atomic E-state index is 13.1. The number of hydrogen-bond acceptors (Lipinski definition) is 3. The molecule has 3 rings (SSSR count). The summed E-state index contributed by atoms with van der Waals surface area (Å²) in [6.07, 6.45) is 1.81. The van der Waals surface area contributed by atoms with Gasteiger partial charge in [-0.2, -0.15) is 0 Å². The molecule has 0 saturated carbocycles. The van der Waals surface area contributed by atoms with Crippen LogP contribution in [-0.2, 0) is 9.53 Å². The molecule has 0 spiro atoms. The van der Waals surface area contributed by atoms with Crippen molar-refractivity contribution >= 4 is 5.91 Å². The summed E-state index contributed by atoms with van der Waals surface area (Å²) in [6.45, 7) is 5.64. The number of carbonyl (C=O) groups excluding carboxylic acids is 1. The van der Waals surface area contributed by atoms with Gasteiger partial charge < -0.3 is 14.5 Å². The zero-order chi connectivity index (χ0) is 15.5. The molecule has 2 aliphatic rings. The number of carbonyl (C=O) groups is 1. The van der Waals surface area contributed by atoms with Crippen LogP contribution in [0.1, 0.15) is 31.4 Å². The molecular weight excluding hydrogens is 276 g/mol. The Hall–Kier alpha value is -1.39. The van der Waals surface area contributed by atoms with Crippen LogP contribution in [0.4, 0.5) is 0 Å². The van der Waals surface area contributed by atoms with Crippen molar-refractivity contribution in [2.45, 2.75) is 31.9 Å². The minimum absolute atomic E-state index is 0.0398. The second-order valence-corrected chi connectivity index (χ2v) is 6.59. The predicted molar refractivity (Wildman–Crippen MR) is 86.5 cm³/mol. The lowest BCUT2D eigenvalue weighted by atomic mass is 9.87. The van der Waals surface area contributed by atoms with Crippen molar-refractivity contribution in [3.05, 3.63) is 35.9 Å². The van der Waals surface area contributed by atoms with Gasteiger partial charge in [0, 0.05) is 32.3 Å². The summed E-state index contributed by atoms with van der Waals surface area (Å²) in [5, 5.41) is 0. The van der Waals surface area contributed by atoms with Crippen molar-refractivity contribution in [2.24, 2.45) is 5.92 Å². The molecule has 2 aliphatic heterocycles. The van der Waals surface area contributed by atoms with Gasteiger partial charge in [0.25, 0.3) is 0 Å². The maximum Gasteiger partial charge on any atom is 0.228 e. The van der Waals surface area contributed by atoms with E-state index in [4.69, 9.17) is 4.74 Å². The Balaban J connectivity index is 1.77. The van der Waals surface area contributed by atoms with Gasteiger partial charge in [-0.15, -0.1) is 0 Å². The van der Waals surface area contributed by atoms with Gasteiger partial charge in [0.1, 0.15) is 0 Å². The molecule has 3 atom stereocenters. The van der Waals surface area contributed by atoms with Crippen LogP contribution in [0.25, 0.3) is 0 Å². The minimum atomic E-state index is -0.0886. The van der Waals surface area contributed by atoms with Crippen LogP contribution < -0.4 is 0 Å². The highest BCUT2D eigenvalue weighted by atomic mass is 16.5. The zero-order valence-electron chi connectivity index (χ0n) is 13.6. The Kier molecular flexibility index (Phi) is 4.79. The highest BCUT2D eigenvalue weighted by Crippen LogP contribution is 2.35. The fourth-order valence-electron chi connectivity index (χ4n) is 3.69. The maximum absolute atomic E-state index is 13.1. The van der Waals surface area contributed by atoms with E-state index >= 15 is 0 Å². The fraction of sp³-hybridized carbons (Fsp3) is 0.611. The van der Waals surface area contributed by atoms with E-state index in [1.165, 1.54) is 0 Å². The molecule has 0 N–H and O–H groups in total. The first-order valence-corrected chi connectivity index (χ1v) is 8.32. The van der Waals surface area contributed by atoms with E-state index in [0.717, 1.165) is 44.6 Å². The quantitative estimate of drug-likeness (QED) is 0.840. The van der Waals surface area contributed by atoms with Crippen LogP contribution in [0.2, 0.25) is 0 Å². The van der Waals surface area contributed by atoms with Crippen molar-refractivity contribution in [2.75, 3.05) is 33.3 Å². The summed E-state index contributed by atoms with van der Waals surface area (Å²) in [4.78, 5) is 17.4. The lowest BCUT2D eigenvalue weighted by molar-refractivity contribution is -0.149. The van der Waals surface area contributed by atoms with Crippen LogP contribution in [0, 0.1) is 5.92 Å². The summed E-state index contributed by atoms with van der Waals surface area (Å²) >= 11 is 0. The van der Waals surface area contributed by atoms with Gasteiger partial charge in [0.15, 0.2) is 0 Å². The highest BCUT2D eigenvalue weighted by molar-refractivity contribution is 5.80. The summed E-state index contributed by atoms with van der Waals surface area (Å²) < 4.78 is 5.99. The monoisotopic (exact) mass is 302 g/mol. The minimum Gasteiger partial charge on any atom is -0.373 e. The molecule has 2 saturated heterocycles. The molecule has 2 heterocycles. The molecule has 22 heavy (non-hydrogen) atoms. The summed E-state index contributed by atoms with van der Waals surface area (Å²) in [5.74, 6) is 0.233. The molecule has 120 valence electrons. The normalized spacial score (nSPS) is 30.3. The van der Waals surface area contributed by atoms with Crippen LogP contribution in [0.5, 0.6) is 0 Å². The first kappa shape index (κ1) is 15.5. The Bertz CT molecular complexity index is 505. The van der Waals surface area contributed by atoms with Gasteiger partial charge in [-0.25, -0.2) is 0 Å². The number of benzene rings is 1. The van der Waals surface area contributed by atoms with Gasteiger partial charge >= 0.3 is 0 Å². The molecule has 2 fully saturated rings. The molecule has 0 radical (unpaired) electrons. The largest absolute Gasteiger partial charge is 0.373 e. The van der Waals surface area contributed by atoms with Gasteiger partial charge in [0.2, 0.25) is 5.91 Å². The third kappa shape index (κ3) is 3.18. The van der Waals surface area contributed by atoms with Crippen LogP contribution in [0.15, 0.2) is 30.3 Å². The Morgan fingerprint density at radius 2 is 2.00 bits per heavy atom. The number of hydrogen-bond donors (Lipinski definition) is 0. The summed E-state index contributed by atoms with van der Waals surface area (Å²) in [6, 6.07) is 10.5. The fourth-order valence-corrected chi connectivity index (χ4v) is 3.69. The van der Waals surface area contributed by atoms with Crippen molar-refractivity contribution in [1.82, 2.24) is 9.80 Å². The zero-order valence-corrected chi connectivity index (χ0v) is 13.6. The first-order valence-electron chi connectivity index (χ1n) is 8.32. The lowest BCUT2D eigenvalue weighted by Gasteiger charge is -2.42. The standard InChI is InChI=1S/C18H26N2O2/c1-14-13-19(2)10-11-20(14)18(21)16-9-6-12-22-17(16)15-7-4-3-5-8-15/h3-5,7-8,14,16-17H,6,9-13H2,1-2H3/t14-,16+,17+/m1/s1. The Morgan fingerprint density at radius 1 is 1.23 bits per heavy atom. The second kappa shape index (κ2) is 6.80. The molecule has 0 unspecified atom stereocenters. The van der Waals surface area contributed by atoms with E-state index in [0.29, 0.717) is 0 Å². The average molecular weight is 302 g/mol. The highest BCUT2D eigenvalue weighted by Gasteiger charge is 2.38. The molecule has 1 amide bonds.